The average molecular weight is 359 g/mol. The van der Waals surface area contributed by atoms with Crippen LogP contribution < -0.4 is 0 Å². The topological polar surface area (TPSA) is 26.7 Å². The Hall–Kier alpha value is -0.750. The molecule has 1 aromatic rings. The van der Waals surface area contributed by atoms with Gasteiger partial charge >= 0.3 is 0 Å². The van der Waals surface area contributed by atoms with Crippen molar-refractivity contribution in [3.05, 3.63) is 34.4 Å². The molecule has 2 saturated heterocycles. The molecule has 0 bridgehead atoms. The lowest BCUT2D eigenvalue weighted by Gasteiger charge is -2.30. The van der Waals surface area contributed by atoms with E-state index < -0.39 is 11.6 Å². The minimum Gasteiger partial charge on any atom is -0.396 e. The Morgan fingerprint density at radius 1 is 1.04 bits per heavy atom. The van der Waals surface area contributed by atoms with Crippen molar-refractivity contribution in [3.8, 4) is 0 Å². The second kappa shape index (κ2) is 8.09. The van der Waals surface area contributed by atoms with Gasteiger partial charge in [0.05, 0.1) is 5.02 Å². The van der Waals surface area contributed by atoms with E-state index in [1.54, 1.807) is 0 Å². The third kappa shape index (κ3) is 4.07. The van der Waals surface area contributed by atoms with Gasteiger partial charge in [0.25, 0.3) is 0 Å². The van der Waals surface area contributed by atoms with Crippen LogP contribution in [0.25, 0.3) is 0 Å². The van der Waals surface area contributed by atoms with Gasteiger partial charge in [0, 0.05) is 38.3 Å². The molecule has 24 heavy (non-hydrogen) atoms. The van der Waals surface area contributed by atoms with Crippen molar-refractivity contribution in [2.75, 3.05) is 39.3 Å². The summed E-state index contributed by atoms with van der Waals surface area (Å²) < 4.78 is 28.1. The monoisotopic (exact) mass is 358 g/mol. The highest BCUT2D eigenvalue weighted by atomic mass is 35.5. The van der Waals surface area contributed by atoms with Crippen LogP contribution in [0, 0.1) is 23.5 Å². The molecule has 0 amide bonds. The lowest BCUT2D eigenvalue weighted by molar-refractivity contribution is 0.149. The minimum absolute atomic E-state index is 0.0258. The van der Waals surface area contributed by atoms with Crippen LogP contribution in [0.3, 0.4) is 0 Å². The minimum atomic E-state index is -0.670. The van der Waals surface area contributed by atoms with E-state index in [1.807, 2.05) is 4.90 Å². The summed E-state index contributed by atoms with van der Waals surface area (Å²) in [6, 6.07) is 2.46. The Bertz CT molecular complexity index is 566. The van der Waals surface area contributed by atoms with E-state index in [9.17, 15) is 13.9 Å². The van der Waals surface area contributed by atoms with Gasteiger partial charge in [0.15, 0.2) is 0 Å². The molecule has 2 heterocycles. The third-order valence-corrected chi connectivity index (χ3v) is 5.64. The highest BCUT2D eigenvalue weighted by Gasteiger charge is 2.34. The summed E-state index contributed by atoms with van der Waals surface area (Å²) in [6.45, 7) is 4.94. The molecule has 1 aromatic carbocycles. The number of aliphatic hydroxyl groups excluding tert-OH is 1. The maximum absolute atomic E-state index is 14.1. The second-order valence-corrected chi connectivity index (χ2v) is 7.49. The van der Waals surface area contributed by atoms with E-state index in [4.69, 9.17) is 11.6 Å². The Kier molecular flexibility index (Phi) is 6.08. The lowest BCUT2D eigenvalue weighted by Crippen LogP contribution is -2.37. The molecule has 3 rings (SSSR count). The van der Waals surface area contributed by atoms with Gasteiger partial charge in [-0.15, -0.1) is 0 Å². The number of benzene rings is 1. The van der Waals surface area contributed by atoms with Gasteiger partial charge in [-0.1, -0.05) is 18.0 Å². The zero-order valence-corrected chi connectivity index (χ0v) is 14.6. The molecule has 0 spiro atoms. The van der Waals surface area contributed by atoms with E-state index >= 15 is 0 Å². The van der Waals surface area contributed by atoms with Gasteiger partial charge < -0.3 is 10.0 Å². The second-order valence-electron chi connectivity index (χ2n) is 7.08. The predicted octanol–water partition coefficient (Wildman–Crippen LogP) is 3.14. The third-order valence-electron chi connectivity index (χ3n) is 5.35. The molecule has 0 saturated carbocycles. The predicted molar refractivity (Wildman–Crippen MR) is 91.0 cm³/mol. The van der Waals surface area contributed by atoms with Gasteiger partial charge in [-0.05, 0) is 49.9 Å². The van der Waals surface area contributed by atoms with Crippen molar-refractivity contribution < 1.29 is 13.9 Å². The highest BCUT2D eigenvalue weighted by molar-refractivity contribution is 6.30. The van der Waals surface area contributed by atoms with E-state index in [2.05, 4.69) is 4.90 Å². The highest BCUT2D eigenvalue weighted by Crippen LogP contribution is 2.29. The normalized spacial score (nSPS) is 26.2. The van der Waals surface area contributed by atoms with Crippen molar-refractivity contribution in [1.29, 1.82) is 0 Å². The average Bonchev–Trinajstić information content (AvgIpc) is 2.98. The first-order chi connectivity index (χ1) is 11.6. The molecule has 1 N–H and O–H groups in total. The molecule has 2 aliphatic heterocycles. The summed E-state index contributed by atoms with van der Waals surface area (Å²) >= 11 is 5.78. The van der Waals surface area contributed by atoms with Gasteiger partial charge in [-0.25, -0.2) is 8.78 Å². The number of halogens is 3. The summed E-state index contributed by atoms with van der Waals surface area (Å²) in [4.78, 5) is 4.49. The van der Waals surface area contributed by atoms with Gasteiger partial charge in [0.2, 0.25) is 0 Å². The SMILES string of the molecule is OC[C@H]1CN(Cc2c(F)ccc(Cl)c2F)C[C@H]1CN1CCCCC1. The first-order valence-corrected chi connectivity index (χ1v) is 9.14. The van der Waals surface area contributed by atoms with Gasteiger partial charge in [-0.3, -0.25) is 4.90 Å². The number of hydrogen-bond acceptors (Lipinski definition) is 3. The van der Waals surface area contributed by atoms with Crippen LogP contribution in [-0.2, 0) is 6.54 Å². The molecule has 0 radical (unpaired) electrons. The Balaban J connectivity index is 1.64. The number of hydrogen-bond donors (Lipinski definition) is 1. The van der Waals surface area contributed by atoms with Crippen molar-refractivity contribution >= 4 is 11.6 Å². The smallest absolute Gasteiger partial charge is 0.149 e. The zero-order chi connectivity index (χ0) is 17.1. The molecular formula is C18H25ClF2N2O. The maximum Gasteiger partial charge on any atom is 0.149 e. The van der Waals surface area contributed by atoms with E-state index in [0.717, 1.165) is 26.2 Å². The lowest BCUT2D eigenvalue weighted by atomic mass is 9.95. The molecular weight excluding hydrogens is 334 g/mol. The van der Waals surface area contributed by atoms with Crippen LogP contribution in [0.15, 0.2) is 12.1 Å². The Morgan fingerprint density at radius 2 is 1.75 bits per heavy atom. The summed E-state index contributed by atoms with van der Waals surface area (Å²) in [5.74, 6) is -0.718. The fourth-order valence-electron chi connectivity index (χ4n) is 3.99. The van der Waals surface area contributed by atoms with E-state index in [1.165, 1.54) is 31.4 Å². The molecule has 2 fully saturated rings. The van der Waals surface area contributed by atoms with Crippen molar-refractivity contribution in [2.24, 2.45) is 11.8 Å². The number of nitrogens with zero attached hydrogens (tertiary/aromatic N) is 2. The fourth-order valence-corrected chi connectivity index (χ4v) is 4.17. The summed E-state index contributed by atoms with van der Waals surface area (Å²) in [5, 5.41) is 9.64. The molecule has 0 aliphatic carbocycles. The van der Waals surface area contributed by atoms with E-state index in [0.29, 0.717) is 12.5 Å². The molecule has 134 valence electrons. The number of likely N-dealkylation sites (tertiary alicyclic amines) is 2. The maximum atomic E-state index is 14.1. The molecule has 6 heteroatoms. The molecule has 0 aromatic heterocycles. The zero-order valence-electron chi connectivity index (χ0n) is 13.9. The quantitative estimate of drug-likeness (QED) is 0.819. The standard InChI is InChI=1S/C18H25ClF2N2O/c19-16-4-5-17(20)15(18(16)21)11-23-9-13(14(10-23)12-24)8-22-6-2-1-3-7-22/h4-5,13-14,24H,1-3,6-12H2/t13-,14-/m1/s1. The molecule has 2 atom stereocenters. The van der Waals surface area contributed by atoms with Crippen molar-refractivity contribution in [2.45, 2.75) is 25.8 Å². The Morgan fingerprint density at radius 3 is 2.46 bits per heavy atom. The fraction of sp³-hybridized carbons (Fsp3) is 0.667. The molecule has 2 aliphatic rings. The van der Waals surface area contributed by atoms with Crippen molar-refractivity contribution in [1.82, 2.24) is 9.80 Å². The number of aliphatic hydroxyl groups is 1. The first kappa shape index (κ1) is 18.1. The largest absolute Gasteiger partial charge is 0.396 e. The number of rotatable bonds is 5. The first-order valence-electron chi connectivity index (χ1n) is 8.76. The van der Waals surface area contributed by atoms with Gasteiger partial charge in [0.1, 0.15) is 11.6 Å². The molecule has 0 unspecified atom stereocenters. The summed E-state index contributed by atoms with van der Waals surface area (Å²) in [6.07, 6.45) is 3.77. The van der Waals surface area contributed by atoms with Crippen LogP contribution in [0.1, 0.15) is 24.8 Å². The summed E-state index contributed by atoms with van der Waals surface area (Å²) in [5.41, 5.74) is 0.0258. The van der Waals surface area contributed by atoms with Gasteiger partial charge in [-0.2, -0.15) is 0 Å². The Labute approximate surface area is 147 Å². The summed E-state index contributed by atoms with van der Waals surface area (Å²) in [7, 11) is 0. The van der Waals surface area contributed by atoms with Crippen molar-refractivity contribution in [3.63, 3.8) is 0 Å². The van der Waals surface area contributed by atoms with Crippen LogP contribution in [-0.4, -0.2) is 54.2 Å². The number of piperidine rings is 1. The van der Waals surface area contributed by atoms with Crippen LogP contribution >= 0.6 is 11.6 Å². The molecule has 3 nitrogen and oxygen atoms in total. The van der Waals surface area contributed by atoms with Crippen LogP contribution in [0.2, 0.25) is 5.02 Å². The van der Waals surface area contributed by atoms with E-state index in [-0.39, 0.29) is 29.7 Å². The van der Waals surface area contributed by atoms with Crippen LogP contribution in [0.5, 0.6) is 0 Å². The van der Waals surface area contributed by atoms with Crippen LogP contribution in [0.4, 0.5) is 8.78 Å².